The van der Waals surface area contributed by atoms with Crippen molar-refractivity contribution in [2.75, 3.05) is 0 Å². The van der Waals surface area contributed by atoms with Crippen molar-refractivity contribution < 1.29 is 10.2 Å². The minimum atomic E-state index is -0.148. The maximum absolute atomic E-state index is 10.3. The molecule has 2 saturated carbocycles. The Morgan fingerprint density at radius 1 is 0.667 bits per heavy atom. The molecule has 2 rings (SSSR count). The van der Waals surface area contributed by atoms with E-state index in [2.05, 4.69) is 118 Å². The van der Waals surface area contributed by atoms with Crippen molar-refractivity contribution in [3.63, 3.8) is 0 Å². The van der Waals surface area contributed by atoms with E-state index in [1.807, 2.05) is 0 Å². The minimum absolute atomic E-state index is 0.107. The van der Waals surface area contributed by atoms with Gasteiger partial charge in [0.25, 0.3) is 0 Å². The maximum Gasteiger partial charge on any atom is 0.0571 e. The second-order valence-corrected chi connectivity index (χ2v) is 16.5. The highest BCUT2D eigenvalue weighted by Crippen LogP contribution is 2.47. The molecule has 0 saturated heterocycles. The molecule has 2 nitrogen and oxygen atoms in total. The van der Waals surface area contributed by atoms with Gasteiger partial charge in [0.05, 0.1) is 12.2 Å². The standard InChI is InChI=1S/C40H70O2/c1-29(17-13-19-31(3)21-23-35-25-34(6)38(42)28-39(35,7)8)15-11-12-16-30(2)18-14-20-32(4)22-24-37-33(5)26-36(41)27-40(37,9)10/h11-14,17-18,21,23,29-38,41-42H,15-16,19-20,22,24-28H2,1-10H3/b12-11+,17-13+,18-14+,23-21+/t29-,30-,31+,32+,33+,34-,35+,36-,37+,38+/m0/s1. The van der Waals surface area contributed by atoms with Gasteiger partial charge in [0.1, 0.15) is 0 Å². The number of allylic oxidation sites excluding steroid dienone is 8. The van der Waals surface area contributed by atoms with Crippen molar-refractivity contribution in [3.8, 4) is 0 Å². The summed E-state index contributed by atoms with van der Waals surface area (Å²) < 4.78 is 0. The normalized spacial score (nSPS) is 33.0. The van der Waals surface area contributed by atoms with Gasteiger partial charge in [-0.15, -0.1) is 0 Å². The summed E-state index contributed by atoms with van der Waals surface area (Å²) in [6, 6.07) is 0. The molecule has 0 spiro atoms. The number of hydrogen-bond acceptors (Lipinski definition) is 2. The third-order valence-electron chi connectivity index (χ3n) is 10.9. The zero-order chi connectivity index (χ0) is 31.5. The Morgan fingerprint density at radius 2 is 1.21 bits per heavy atom. The fourth-order valence-corrected chi connectivity index (χ4v) is 7.82. The Morgan fingerprint density at radius 3 is 1.81 bits per heavy atom. The van der Waals surface area contributed by atoms with Crippen molar-refractivity contribution in [2.24, 2.45) is 58.2 Å². The van der Waals surface area contributed by atoms with Gasteiger partial charge in [0, 0.05) is 0 Å². The van der Waals surface area contributed by atoms with Gasteiger partial charge in [-0.3, -0.25) is 0 Å². The highest BCUT2D eigenvalue weighted by atomic mass is 16.3. The molecular weight excluding hydrogens is 512 g/mol. The van der Waals surface area contributed by atoms with Crippen molar-refractivity contribution in [1.82, 2.24) is 0 Å². The summed E-state index contributed by atoms with van der Waals surface area (Å²) in [5.41, 5.74) is 0.440. The van der Waals surface area contributed by atoms with Gasteiger partial charge in [-0.1, -0.05) is 124 Å². The first-order valence-electron chi connectivity index (χ1n) is 17.6. The lowest BCUT2D eigenvalue weighted by Gasteiger charge is -2.45. The van der Waals surface area contributed by atoms with E-state index in [0.29, 0.717) is 35.5 Å². The van der Waals surface area contributed by atoms with E-state index in [1.165, 1.54) is 19.3 Å². The van der Waals surface area contributed by atoms with E-state index in [1.54, 1.807) is 0 Å². The van der Waals surface area contributed by atoms with Crippen LogP contribution in [0.4, 0.5) is 0 Å². The van der Waals surface area contributed by atoms with Crippen LogP contribution in [0.2, 0.25) is 0 Å². The SMILES string of the molecule is C[C@H](C/C=C/[C@@H](C)C/C=C/C[C@H](C)/C=C/C[C@@H](C)/C=C/[C@@H]1C[C@H](C)[C@H](O)CC1(C)C)CC[C@@H]1[C@H](C)C[C@H](O)CC1(C)C. The van der Waals surface area contributed by atoms with Crippen LogP contribution in [0.3, 0.4) is 0 Å². The first kappa shape index (κ1) is 37.1. The Bertz CT molecular complexity index is 876. The van der Waals surface area contributed by atoms with E-state index in [-0.39, 0.29) is 23.0 Å². The van der Waals surface area contributed by atoms with Gasteiger partial charge in [0.2, 0.25) is 0 Å². The molecule has 0 amide bonds. The van der Waals surface area contributed by atoms with Crippen LogP contribution < -0.4 is 0 Å². The van der Waals surface area contributed by atoms with E-state index in [0.717, 1.165) is 56.8 Å². The Balaban J connectivity index is 1.62. The first-order chi connectivity index (χ1) is 19.6. The summed E-state index contributed by atoms with van der Waals surface area (Å²) in [7, 11) is 0. The third kappa shape index (κ3) is 12.9. The summed E-state index contributed by atoms with van der Waals surface area (Å²) in [4.78, 5) is 0. The molecule has 2 aliphatic rings. The summed E-state index contributed by atoms with van der Waals surface area (Å²) >= 11 is 0. The van der Waals surface area contributed by atoms with E-state index < -0.39 is 0 Å². The molecule has 0 radical (unpaired) electrons. The van der Waals surface area contributed by atoms with E-state index >= 15 is 0 Å². The Kier molecular flexibility index (Phi) is 15.3. The second-order valence-electron chi connectivity index (χ2n) is 16.5. The Labute approximate surface area is 262 Å². The lowest BCUT2D eigenvalue weighted by atomic mass is 9.61. The number of rotatable bonds is 15. The van der Waals surface area contributed by atoms with Gasteiger partial charge in [-0.25, -0.2) is 0 Å². The predicted octanol–water partition coefficient (Wildman–Crippen LogP) is 11.0. The quantitative estimate of drug-likeness (QED) is 0.189. The molecule has 2 fully saturated rings. The maximum atomic E-state index is 10.3. The van der Waals surface area contributed by atoms with Crippen molar-refractivity contribution >= 4 is 0 Å². The molecule has 0 bridgehead atoms. The van der Waals surface area contributed by atoms with Gasteiger partial charge in [0.15, 0.2) is 0 Å². The fourth-order valence-electron chi connectivity index (χ4n) is 7.82. The van der Waals surface area contributed by atoms with Crippen LogP contribution >= 0.6 is 0 Å². The summed E-state index contributed by atoms with van der Waals surface area (Å²) in [5, 5.41) is 20.4. The molecular formula is C40H70O2. The van der Waals surface area contributed by atoms with Gasteiger partial charge in [-0.2, -0.15) is 0 Å². The number of aliphatic hydroxyl groups excluding tert-OH is 2. The number of hydrogen-bond donors (Lipinski definition) is 2. The summed E-state index contributed by atoms with van der Waals surface area (Å²) in [6.07, 6.45) is 29.9. The van der Waals surface area contributed by atoms with Crippen LogP contribution in [0.5, 0.6) is 0 Å². The summed E-state index contributed by atoms with van der Waals surface area (Å²) in [6.45, 7) is 23.2. The smallest absolute Gasteiger partial charge is 0.0571 e. The molecule has 0 aromatic rings. The van der Waals surface area contributed by atoms with E-state index in [9.17, 15) is 10.2 Å². The fraction of sp³-hybridized carbons (Fsp3) is 0.800. The highest BCUT2D eigenvalue weighted by molar-refractivity contribution is 5.03. The molecule has 42 heavy (non-hydrogen) atoms. The third-order valence-corrected chi connectivity index (χ3v) is 10.9. The van der Waals surface area contributed by atoms with Gasteiger partial charge >= 0.3 is 0 Å². The topological polar surface area (TPSA) is 40.5 Å². The lowest BCUT2D eigenvalue weighted by molar-refractivity contribution is -0.0173. The Hall–Kier alpha value is -1.12. The van der Waals surface area contributed by atoms with Crippen LogP contribution in [0, 0.1) is 58.2 Å². The highest BCUT2D eigenvalue weighted by Gasteiger charge is 2.40. The molecule has 2 heteroatoms. The van der Waals surface area contributed by atoms with E-state index in [4.69, 9.17) is 0 Å². The zero-order valence-electron chi connectivity index (χ0n) is 29.4. The molecule has 0 heterocycles. The van der Waals surface area contributed by atoms with Crippen molar-refractivity contribution in [3.05, 3.63) is 48.6 Å². The van der Waals surface area contributed by atoms with Crippen molar-refractivity contribution in [1.29, 1.82) is 0 Å². The average molecular weight is 583 g/mol. The lowest BCUT2D eigenvalue weighted by Crippen LogP contribution is -2.40. The van der Waals surface area contributed by atoms with Crippen LogP contribution in [-0.4, -0.2) is 22.4 Å². The van der Waals surface area contributed by atoms with Crippen LogP contribution in [-0.2, 0) is 0 Å². The molecule has 2 N–H and O–H groups in total. The molecule has 0 aromatic carbocycles. The molecule has 0 aromatic heterocycles. The molecule has 10 atom stereocenters. The van der Waals surface area contributed by atoms with Crippen LogP contribution in [0.15, 0.2) is 48.6 Å². The average Bonchev–Trinajstić information content (AvgIpc) is 2.86. The zero-order valence-corrected chi connectivity index (χ0v) is 29.4. The minimum Gasteiger partial charge on any atom is -0.393 e. The van der Waals surface area contributed by atoms with Gasteiger partial charge < -0.3 is 10.2 Å². The molecule has 242 valence electrons. The van der Waals surface area contributed by atoms with Gasteiger partial charge in [-0.05, 0) is 116 Å². The summed E-state index contributed by atoms with van der Waals surface area (Å²) in [5.74, 6) is 4.75. The number of aliphatic hydroxyl groups is 2. The predicted molar refractivity (Wildman–Crippen MR) is 184 cm³/mol. The van der Waals surface area contributed by atoms with Crippen LogP contribution in [0.1, 0.15) is 133 Å². The first-order valence-corrected chi connectivity index (χ1v) is 17.6. The largest absolute Gasteiger partial charge is 0.393 e. The van der Waals surface area contributed by atoms with Crippen LogP contribution in [0.25, 0.3) is 0 Å². The van der Waals surface area contributed by atoms with Crippen molar-refractivity contribution in [2.45, 2.75) is 146 Å². The molecule has 0 aliphatic heterocycles. The monoisotopic (exact) mass is 583 g/mol. The molecule has 0 unspecified atom stereocenters. The molecule has 2 aliphatic carbocycles. The second kappa shape index (κ2) is 17.4.